The lowest BCUT2D eigenvalue weighted by atomic mass is 9.96. The fourth-order valence-electron chi connectivity index (χ4n) is 3.76. The number of hydrogen-bond donors (Lipinski definition) is 1. The van der Waals surface area contributed by atoms with E-state index in [0.717, 1.165) is 36.1 Å². The molecule has 0 bridgehead atoms. The molecule has 0 saturated carbocycles. The maximum absolute atomic E-state index is 12.8. The SMILES string of the molecule is Cc1ccc(S(=O)(=O)NCC(c2ccc3c(c2)CCCN3C)N(C)C)cc1C. The van der Waals surface area contributed by atoms with Crippen LogP contribution >= 0.6 is 0 Å². The van der Waals surface area contributed by atoms with Crippen LogP contribution in [-0.2, 0) is 16.4 Å². The van der Waals surface area contributed by atoms with Crippen molar-refractivity contribution >= 4 is 15.7 Å². The van der Waals surface area contributed by atoms with Crippen LogP contribution in [0.1, 0.15) is 34.7 Å². The zero-order chi connectivity index (χ0) is 20.5. The van der Waals surface area contributed by atoms with E-state index in [1.807, 2.05) is 34.0 Å². The number of anilines is 1. The summed E-state index contributed by atoms with van der Waals surface area (Å²) in [4.78, 5) is 4.67. The Morgan fingerprint density at radius 1 is 1.11 bits per heavy atom. The van der Waals surface area contributed by atoms with Gasteiger partial charge in [-0.1, -0.05) is 18.2 Å². The lowest BCUT2D eigenvalue weighted by molar-refractivity contribution is 0.299. The Bertz CT molecular complexity index is 954. The molecule has 5 nitrogen and oxygen atoms in total. The highest BCUT2D eigenvalue weighted by atomic mass is 32.2. The van der Waals surface area contributed by atoms with Crippen LogP contribution in [0.2, 0.25) is 0 Å². The molecule has 0 radical (unpaired) electrons. The van der Waals surface area contributed by atoms with Crippen molar-refractivity contribution in [3.05, 3.63) is 58.7 Å². The van der Waals surface area contributed by atoms with E-state index < -0.39 is 10.0 Å². The number of nitrogens with one attached hydrogen (secondary N) is 1. The molecule has 1 N–H and O–H groups in total. The van der Waals surface area contributed by atoms with E-state index in [4.69, 9.17) is 0 Å². The Morgan fingerprint density at radius 2 is 1.86 bits per heavy atom. The summed E-state index contributed by atoms with van der Waals surface area (Å²) < 4.78 is 28.4. The summed E-state index contributed by atoms with van der Waals surface area (Å²) in [6.45, 7) is 5.33. The monoisotopic (exact) mass is 401 g/mol. The highest BCUT2D eigenvalue weighted by Crippen LogP contribution is 2.30. The minimum absolute atomic E-state index is 0.0288. The third kappa shape index (κ3) is 4.40. The first-order chi connectivity index (χ1) is 13.2. The summed E-state index contributed by atoms with van der Waals surface area (Å²) in [6, 6.07) is 11.8. The predicted molar refractivity (Wildman–Crippen MR) is 116 cm³/mol. The van der Waals surface area contributed by atoms with Crippen LogP contribution in [0.5, 0.6) is 0 Å². The van der Waals surface area contributed by atoms with Gasteiger partial charge in [0.05, 0.1) is 4.90 Å². The van der Waals surface area contributed by atoms with Gasteiger partial charge in [0, 0.05) is 31.9 Å². The summed E-state index contributed by atoms with van der Waals surface area (Å²) in [5.74, 6) is 0. The molecule has 1 aliphatic heterocycles. The second-order valence-corrected chi connectivity index (χ2v) is 9.76. The van der Waals surface area contributed by atoms with Crippen LogP contribution < -0.4 is 9.62 Å². The first-order valence-corrected chi connectivity index (χ1v) is 11.2. The predicted octanol–water partition coefficient (Wildman–Crippen LogP) is 3.27. The van der Waals surface area contributed by atoms with Gasteiger partial charge in [0.25, 0.3) is 0 Å². The Hall–Kier alpha value is -1.89. The lowest BCUT2D eigenvalue weighted by Crippen LogP contribution is -2.35. The molecule has 28 heavy (non-hydrogen) atoms. The molecule has 1 heterocycles. The molecular formula is C22H31N3O2S. The van der Waals surface area contributed by atoms with Gasteiger partial charge in [0.15, 0.2) is 0 Å². The zero-order valence-corrected chi connectivity index (χ0v) is 18.3. The van der Waals surface area contributed by atoms with E-state index in [1.165, 1.54) is 11.3 Å². The summed E-state index contributed by atoms with van der Waals surface area (Å²) in [5, 5.41) is 0. The second kappa shape index (κ2) is 8.23. The van der Waals surface area contributed by atoms with E-state index in [-0.39, 0.29) is 6.04 Å². The summed E-state index contributed by atoms with van der Waals surface area (Å²) >= 11 is 0. The normalized spacial score (nSPS) is 15.6. The first kappa shape index (κ1) is 20.8. The Morgan fingerprint density at radius 3 is 2.54 bits per heavy atom. The smallest absolute Gasteiger partial charge is 0.240 e. The van der Waals surface area contributed by atoms with Gasteiger partial charge in [-0.05, 0) is 81.2 Å². The molecule has 0 saturated heterocycles. The lowest BCUT2D eigenvalue weighted by Gasteiger charge is -2.30. The number of sulfonamides is 1. The number of fused-ring (bicyclic) bond motifs is 1. The van der Waals surface area contributed by atoms with E-state index in [2.05, 4.69) is 39.8 Å². The molecule has 1 unspecified atom stereocenters. The molecule has 0 amide bonds. The quantitative estimate of drug-likeness (QED) is 0.807. The van der Waals surface area contributed by atoms with Crippen LogP contribution in [0.15, 0.2) is 41.3 Å². The first-order valence-electron chi connectivity index (χ1n) is 9.76. The van der Waals surface area contributed by atoms with Crippen LogP contribution in [0, 0.1) is 13.8 Å². The van der Waals surface area contributed by atoms with Crippen molar-refractivity contribution in [3.8, 4) is 0 Å². The molecule has 0 aliphatic carbocycles. The Balaban J connectivity index is 1.81. The van der Waals surface area contributed by atoms with Gasteiger partial charge < -0.3 is 9.80 Å². The minimum atomic E-state index is -3.55. The third-order valence-electron chi connectivity index (χ3n) is 5.72. The molecule has 0 aromatic heterocycles. The van der Waals surface area contributed by atoms with Crippen LogP contribution in [0.3, 0.4) is 0 Å². The number of hydrogen-bond acceptors (Lipinski definition) is 4. The molecule has 0 fully saturated rings. The van der Waals surface area contributed by atoms with Crippen molar-refractivity contribution in [2.75, 3.05) is 39.1 Å². The van der Waals surface area contributed by atoms with E-state index in [0.29, 0.717) is 11.4 Å². The topological polar surface area (TPSA) is 52.7 Å². The summed E-state index contributed by atoms with van der Waals surface area (Å²) in [5.41, 5.74) is 5.83. The van der Waals surface area contributed by atoms with E-state index in [1.54, 1.807) is 12.1 Å². The summed E-state index contributed by atoms with van der Waals surface area (Å²) in [7, 11) is 2.55. The molecule has 6 heteroatoms. The van der Waals surface area contributed by atoms with Crippen molar-refractivity contribution in [1.29, 1.82) is 0 Å². The number of likely N-dealkylation sites (N-methyl/N-ethyl adjacent to an activating group) is 1. The van der Waals surface area contributed by atoms with Crippen LogP contribution in [0.4, 0.5) is 5.69 Å². The van der Waals surface area contributed by atoms with Crippen molar-refractivity contribution < 1.29 is 8.42 Å². The van der Waals surface area contributed by atoms with Crippen molar-refractivity contribution in [1.82, 2.24) is 9.62 Å². The Kier molecular flexibility index (Phi) is 6.12. The molecule has 2 aromatic rings. The molecule has 1 aliphatic rings. The molecular weight excluding hydrogens is 370 g/mol. The van der Waals surface area contributed by atoms with Crippen molar-refractivity contribution in [2.24, 2.45) is 0 Å². The molecule has 1 atom stereocenters. The van der Waals surface area contributed by atoms with E-state index in [9.17, 15) is 8.42 Å². The summed E-state index contributed by atoms with van der Waals surface area (Å²) in [6.07, 6.45) is 2.22. The standard InChI is InChI=1S/C22H31N3O2S/c1-16-8-10-20(13-17(16)2)28(26,27)23-15-22(24(3)4)19-9-11-21-18(14-19)7-6-12-25(21)5/h8-11,13-14,22-23H,6-7,12,15H2,1-5H3. The Labute approximate surface area is 169 Å². The van der Waals surface area contributed by atoms with Crippen LogP contribution in [-0.4, -0.2) is 47.6 Å². The van der Waals surface area contributed by atoms with Crippen LogP contribution in [0.25, 0.3) is 0 Å². The highest BCUT2D eigenvalue weighted by molar-refractivity contribution is 7.89. The zero-order valence-electron chi connectivity index (χ0n) is 17.5. The van der Waals surface area contributed by atoms with Gasteiger partial charge in [-0.3, -0.25) is 0 Å². The van der Waals surface area contributed by atoms with Crippen molar-refractivity contribution in [2.45, 2.75) is 37.6 Å². The van der Waals surface area contributed by atoms with Crippen molar-refractivity contribution in [3.63, 3.8) is 0 Å². The molecule has 3 rings (SSSR count). The number of aryl methyl sites for hydroxylation is 3. The minimum Gasteiger partial charge on any atom is -0.374 e. The average molecular weight is 402 g/mol. The molecule has 0 spiro atoms. The maximum atomic E-state index is 12.8. The number of benzene rings is 2. The van der Waals surface area contributed by atoms with Gasteiger partial charge in [-0.25, -0.2) is 13.1 Å². The fraction of sp³-hybridized carbons (Fsp3) is 0.455. The number of nitrogens with zero attached hydrogens (tertiary/aromatic N) is 2. The fourth-order valence-corrected chi connectivity index (χ4v) is 4.89. The maximum Gasteiger partial charge on any atom is 0.240 e. The van der Waals surface area contributed by atoms with Gasteiger partial charge in [-0.2, -0.15) is 0 Å². The second-order valence-electron chi connectivity index (χ2n) is 7.99. The van der Waals surface area contributed by atoms with Gasteiger partial charge in [-0.15, -0.1) is 0 Å². The number of rotatable bonds is 6. The average Bonchev–Trinajstić information content (AvgIpc) is 2.64. The van der Waals surface area contributed by atoms with Gasteiger partial charge >= 0.3 is 0 Å². The van der Waals surface area contributed by atoms with Gasteiger partial charge in [0.2, 0.25) is 10.0 Å². The third-order valence-corrected chi connectivity index (χ3v) is 7.14. The largest absolute Gasteiger partial charge is 0.374 e. The highest BCUT2D eigenvalue weighted by Gasteiger charge is 2.22. The van der Waals surface area contributed by atoms with E-state index >= 15 is 0 Å². The molecule has 152 valence electrons. The molecule has 2 aromatic carbocycles. The van der Waals surface area contributed by atoms with Gasteiger partial charge in [0.1, 0.15) is 0 Å².